The number of benzene rings is 1. The van der Waals surface area contributed by atoms with Gasteiger partial charge in [0.1, 0.15) is 0 Å². The van der Waals surface area contributed by atoms with E-state index >= 15 is 0 Å². The zero-order chi connectivity index (χ0) is 14.7. The molecule has 2 N–H and O–H groups in total. The Morgan fingerprint density at radius 2 is 2.14 bits per heavy atom. The van der Waals surface area contributed by atoms with Crippen LogP contribution in [0.25, 0.3) is 5.69 Å². The number of rotatable bonds is 2. The van der Waals surface area contributed by atoms with Crippen molar-refractivity contribution in [3.05, 3.63) is 42.2 Å². The standard InChI is InChI=1S/C15H18N4OS/c16-12-3-1-4-13(11-12)19-7-5-14(17-19)15(20)18-6-2-9-21-10-8-18/h1,3-5,7,11H,2,6,8-10,16H2. The van der Waals surface area contributed by atoms with Gasteiger partial charge in [-0.1, -0.05) is 6.07 Å². The molecular formula is C15H18N4OS. The fourth-order valence-corrected chi connectivity index (χ4v) is 3.25. The van der Waals surface area contributed by atoms with Crippen molar-refractivity contribution in [2.24, 2.45) is 0 Å². The Kier molecular flexibility index (Phi) is 4.15. The van der Waals surface area contributed by atoms with Crippen molar-refractivity contribution < 1.29 is 4.79 Å². The van der Waals surface area contributed by atoms with Crippen molar-refractivity contribution in [2.75, 3.05) is 30.3 Å². The summed E-state index contributed by atoms with van der Waals surface area (Å²) < 4.78 is 1.69. The first-order valence-electron chi connectivity index (χ1n) is 7.03. The third-order valence-electron chi connectivity index (χ3n) is 3.45. The quantitative estimate of drug-likeness (QED) is 0.862. The van der Waals surface area contributed by atoms with Gasteiger partial charge in [0.15, 0.2) is 5.69 Å². The van der Waals surface area contributed by atoms with Gasteiger partial charge in [0, 0.05) is 30.7 Å². The minimum atomic E-state index is 0.0140. The molecule has 0 bridgehead atoms. The number of nitrogens with zero attached hydrogens (tertiary/aromatic N) is 3. The van der Waals surface area contributed by atoms with Crippen LogP contribution >= 0.6 is 11.8 Å². The van der Waals surface area contributed by atoms with Crippen LogP contribution in [0.5, 0.6) is 0 Å². The number of anilines is 1. The molecule has 0 spiro atoms. The van der Waals surface area contributed by atoms with Crippen molar-refractivity contribution in [1.82, 2.24) is 14.7 Å². The van der Waals surface area contributed by atoms with E-state index in [0.717, 1.165) is 36.7 Å². The summed E-state index contributed by atoms with van der Waals surface area (Å²) >= 11 is 1.90. The summed E-state index contributed by atoms with van der Waals surface area (Å²) in [4.78, 5) is 14.4. The van der Waals surface area contributed by atoms with Crippen molar-refractivity contribution in [2.45, 2.75) is 6.42 Å². The highest BCUT2D eigenvalue weighted by Gasteiger charge is 2.19. The van der Waals surface area contributed by atoms with E-state index in [2.05, 4.69) is 5.10 Å². The largest absolute Gasteiger partial charge is 0.399 e. The lowest BCUT2D eigenvalue weighted by molar-refractivity contribution is 0.0762. The van der Waals surface area contributed by atoms with Crippen LogP contribution < -0.4 is 5.73 Å². The topological polar surface area (TPSA) is 64.2 Å². The van der Waals surface area contributed by atoms with Gasteiger partial charge >= 0.3 is 0 Å². The van der Waals surface area contributed by atoms with E-state index in [1.807, 2.05) is 40.9 Å². The molecule has 1 aliphatic heterocycles. The van der Waals surface area contributed by atoms with Crippen LogP contribution in [0.3, 0.4) is 0 Å². The highest BCUT2D eigenvalue weighted by atomic mass is 32.2. The second-order valence-corrected chi connectivity index (χ2v) is 6.22. The highest BCUT2D eigenvalue weighted by molar-refractivity contribution is 7.99. The minimum Gasteiger partial charge on any atom is -0.399 e. The zero-order valence-corrected chi connectivity index (χ0v) is 12.6. The van der Waals surface area contributed by atoms with Crippen molar-refractivity contribution in [3.8, 4) is 5.69 Å². The maximum absolute atomic E-state index is 12.5. The molecule has 1 aliphatic rings. The summed E-state index contributed by atoms with van der Waals surface area (Å²) in [5, 5.41) is 4.39. The van der Waals surface area contributed by atoms with Gasteiger partial charge in [0.05, 0.1) is 5.69 Å². The number of aromatic nitrogens is 2. The van der Waals surface area contributed by atoms with E-state index in [9.17, 15) is 4.79 Å². The second-order valence-electron chi connectivity index (χ2n) is 5.00. The molecule has 0 atom stereocenters. The molecule has 21 heavy (non-hydrogen) atoms. The van der Waals surface area contributed by atoms with Gasteiger partial charge in [0.2, 0.25) is 0 Å². The zero-order valence-electron chi connectivity index (χ0n) is 11.7. The molecule has 3 rings (SSSR count). The molecule has 2 aromatic rings. The van der Waals surface area contributed by atoms with E-state index in [1.165, 1.54) is 0 Å². The normalized spacial score (nSPS) is 15.7. The van der Waals surface area contributed by atoms with Gasteiger partial charge in [0.25, 0.3) is 5.91 Å². The van der Waals surface area contributed by atoms with Gasteiger partial charge in [-0.3, -0.25) is 4.79 Å². The summed E-state index contributed by atoms with van der Waals surface area (Å²) in [6.45, 7) is 1.62. The minimum absolute atomic E-state index is 0.0140. The first-order valence-corrected chi connectivity index (χ1v) is 8.18. The highest BCUT2D eigenvalue weighted by Crippen LogP contribution is 2.15. The van der Waals surface area contributed by atoms with Crippen LogP contribution in [0.1, 0.15) is 16.9 Å². The molecule has 1 saturated heterocycles. The van der Waals surface area contributed by atoms with E-state index in [4.69, 9.17) is 5.73 Å². The Hall–Kier alpha value is -1.95. The summed E-state index contributed by atoms with van der Waals surface area (Å²) in [5.41, 5.74) is 7.81. The van der Waals surface area contributed by atoms with Crippen molar-refractivity contribution in [3.63, 3.8) is 0 Å². The molecule has 1 aromatic carbocycles. The lowest BCUT2D eigenvalue weighted by atomic mass is 10.3. The summed E-state index contributed by atoms with van der Waals surface area (Å²) in [6, 6.07) is 9.22. The molecular weight excluding hydrogens is 284 g/mol. The number of nitrogen functional groups attached to an aromatic ring is 1. The monoisotopic (exact) mass is 302 g/mol. The van der Waals surface area contributed by atoms with E-state index < -0.39 is 0 Å². The first kappa shape index (κ1) is 14.0. The second kappa shape index (κ2) is 6.22. The van der Waals surface area contributed by atoms with E-state index in [1.54, 1.807) is 16.9 Å². The molecule has 5 nitrogen and oxygen atoms in total. The predicted octanol–water partition coefficient (Wildman–Crippen LogP) is 2.03. The van der Waals surface area contributed by atoms with E-state index in [-0.39, 0.29) is 5.91 Å². The van der Waals surface area contributed by atoms with Crippen LogP contribution in [-0.2, 0) is 0 Å². The Labute approximate surface area is 128 Å². The van der Waals surface area contributed by atoms with Crippen LogP contribution in [0.4, 0.5) is 5.69 Å². The Morgan fingerprint density at radius 3 is 3.00 bits per heavy atom. The van der Waals surface area contributed by atoms with E-state index in [0.29, 0.717) is 11.4 Å². The Balaban J connectivity index is 1.79. The number of thioether (sulfide) groups is 1. The van der Waals surface area contributed by atoms with Gasteiger partial charge < -0.3 is 10.6 Å². The average molecular weight is 302 g/mol. The van der Waals surface area contributed by atoms with Gasteiger partial charge in [-0.05, 0) is 36.4 Å². The third-order valence-corrected chi connectivity index (χ3v) is 4.50. The smallest absolute Gasteiger partial charge is 0.274 e. The van der Waals surface area contributed by atoms with Crippen LogP contribution in [-0.4, -0.2) is 45.2 Å². The van der Waals surface area contributed by atoms with Crippen LogP contribution in [0, 0.1) is 0 Å². The molecule has 2 heterocycles. The molecule has 0 radical (unpaired) electrons. The molecule has 0 unspecified atom stereocenters. The van der Waals surface area contributed by atoms with Gasteiger partial charge in [-0.15, -0.1) is 0 Å². The fraction of sp³-hybridized carbons (Fsp3) is 0.333. The maximum atomic E-state index is 12.5. The molecule has 6 heteroatoms. The molecule has 110 valence electrons. The van der Waals surface area contributed by atoms with Gasteiger partial charge in [-0.2, -0.15) is 16.9 Å². The number of nitrogens with two attached hydrogens (primary N) is 1. The number of carbonyl (C=O) groups excluding carboxylic acids is 1. The third kappa shape index (κ3) is 3.21. The lowest BCUT2D eigenvalue weighted by Crippen LogP contribution is -2.33. The summed E-state index contributed by atoms with van der Waals surface area (Å²) in [7, 11) is 0. The fourth-order valence-electron chi connectivity index (χ4n) is 2.36. The maximum Gasteiger partial charge on any atom is 0.274 e. The van der Waals surface area contributed by atoms with Crippen LogP contribution in [0.15, 0.2) is 36.5 Å². The average Bonchev–Trinajstić information content (AvgIpc) is 2.82. The predicted molar refractivity (Wildman–Crippen MR) is 85.8 cm³/mol. The number of amides is 1. The lowest BCUT2D eigenvalue weighted by Gasteiger charge is -2.18. The molecule has 0 saturated carbocycles. The number of carbonyl (C=O) groups is 1. The van der Waals surface area contributed by atoms with Gasteiger partial charge in [-0.25, -0.2) is 4.68 Å². The SMILES string of the molecule is Nc1cccc(-n2ccc(C(=O)N3CCCSCC3)n2)c1. The molecule has 0 aliphatic carbocycles. The first-order chi connectivity index (χ1) is 10.2. The molecule has 1 aromatic heterocycles. The summed E-state index contributed by atoms with van der Waals surface area (Å²) in [5.74, 6) is 2.14. The Bertz CT molecular complexity index is 632. The Morgan fingerprint density at radius 1 is 1.24 bits per heavy atom. The van der Waals surface area contributed by atoms with Crippen LogP contribution in [0.2, 0.25) is 0 Å². The number of hydrogen-bond donors (Lipinski definition) is 1. The molecule has 1 fully saturated rings. The van der Waals surface area contributed by atoms with Crippen molar-refractivity contribution in [1.29, 1.82) is 0 Å². The number of hydrogen-bond acceptors (Lipinski definition) is 4. The molecule has 1 amide bonds. The summed E-state index contributed by atoms with van der Waals surface area (Å²) in [6.07, 6.45) is 2.85. The van der Waals surface area contributed by atoms with Crippen molar-refractivity contribution >= 4 is 23.4 Å².